The summed E-state index contributed by atoms with van der Waals surface area (Å²) in [7, 11) is 0. The molecule has 1 N–H and O–H groups in total. The van der Waals surface area contributed by atoms with Crippen molar-refractivity contribution >= 4 is 17.5 Å². The minimum absolute atomic E-state index is 0.176. The summed E-state index contributed by atoms with van der Waals surface area (Å²) in [6.45, 7) is 6.83. The number of ether oxygens (including phenoxy) is 1. The Hall–Kier alpha value is -2.79. The fourth-order valence-electron chi connectivity index (χ4n) is 2.99. The van der Waals surface area contributed by atoms with E-state index in [1.807, 2.05) is 36.7 Å². The molecule has 0 aliphatic rings. The van der Waals surface area contributed by atoms with Crippen LogP contribution in [0.2, 0.25) is 5.02 Å². The Kier molecular flexibility index (Phi) is 6.37. The number of carbonyl (C=O) groups is 1. The van der Waals surface area contributed by atoms with Crippen LogP contribution in [0.25, 0.3) is 0 Å². The molecule has 0 saturated heterocycles. The van der Waals surface area contributed by atoms with Gasteiger partial charge in [-0.2, -0.15) is 5.10 Å². The molecule has 0 saturated carbocycles. The number of aryl methyl sites for hydroxylation is 1. The number of nitrogens with one attached hydrogen (secondary N) is 1. The maximum absolute atomic E-state index is 12.4. The lowest BCUT2D eigenvalue weighted by molar-refractivity contribution is -0.127. The van der Waals surface area contributed by atoms with Gasteiger partial charge in [0.05, 0.1) is 12.2 Å². The highest BCUT2D eigenvalue weighted by molar-refractivity contribution is 6.30. The number of benzene rings is 2. The first-order valence-electron chi connectivity index (χ1n) is 9.21. The van der Waals surface area contributed by atoms with Crippen molar-refractivity contribution in [2.24, 2.45) is 0 Å². The largest absolute Gasteiger partial charge is 0.481 e. The SMILES string of the molecule is Cc1nn(Cc2ccccc2)c(C)c1CNC(=O)[C@H](C)Oc1ccc(Cl)cc1. The second kappa shape index (κ2) is 8.93. The van der Waals surface area contributed by atoms with Crippen molar-refractivity contribution in [3.63, 3.8) is 0 Å². The third-order valence-electron chi connectivity index (χ3n) is 4.64. The quantitative estimate of drug-likeness (QED) is 0.647. The number of halogens is 1. The molecule has 0 unspecified atom stereocenters. The van der Waals surface area contributed by atoms with E-state index >= 15 is 0 Å². The molecule has 0 radical (unpaired) electrons. The molecule has 1 amide bonds. The molecule has 3 aromatic rings. The van der Waals surface area contributed by atoms with Crippen LogP contribution in [0.1, 0.15) is 29.4 Å². The van der Waals surface area contributed by atoms with Crippen LogP contribution in [0.3, 0.4) is 0 Å². The van der Waals surface area contributed by atoms with Gasteiger partial charge < -0.3 is 10.1 Å². The average Bonchev–Trinajstić information content (AvgIpc) is 2.95. The average molecular weight is 398 g/mol. The van der Waals surface area contributed by atoms with Crippen molar-refractivity contribution < 1.29 is 9.53 Å². The van der Waals surface area contributed by atoms with Crippen molar-refractivity contribution in [1.82, 2.24) is 15.1 Å². The molecule has 0 aliphatic heterocycles. The number of nitrogens with zero attached hydrogens (tertiary/aromatic N) is 2. The van der Waals surface area contributed by atoms with Crippen molar-refractivity contribution in [2.45, 2.75) is 40.0 Å². The molecule has 1 heterocycles. The minimum Gasteiger partial charge on any atom is -0.481 e. The molecule has 28 heavy (non-hydrogen) atoms. The second-order valence-corrected chi connectivity index (χ2v) is 7.16. The molecule has 6 heteroatoms. The fraction of sp³-hybridized carbons (Fsp3) is 0.273. The lowest BCUT2D eigenvalue weighted by Gasteiger charge is -2.15. The smallest absolute Gasteiger partial charge is 0.261 e. The van der Waals surface area contributed by atoms with Crippen LogP contribution >= 0.6 is 11.6 Å². The Labute approximate surface area is 170 Å². The zero-order valence-electron chi connectivity index (χ0n) is 16.3. The lowest BCUT2D eigenvalue weighted by Crippen LogP contribution is -2.36. The van der Waals surface area contributed by atoms with Crippen LogP contribution < -0.4 is 10.1 Å². The van der Waals surface area contributed by atoms with E-state index in [0.717, 1.165) is 17.0 Å². The normalized spacial score (nSPS) is 11.9. The van der Waals surface area contributed by atoms with E-state index in [0.29, 0.717) is 23.9 Å². The van der Waals surface area contributed by atoms with Gasteiger partial charge in [-0.1, -0.05) is 41.9 Å². The molecule has 0 aliphatic carbocycles. The molecular weight excluding hydrogens is 374 g/mol. The summed E-state index contributed by atoms with van der Waals surface area (Å²) in [4.78, 5) is 12.4. The van der Waals surface area contributed by atoms with E-state index in [-0.39, 0.29) is 5.91 Å². The standard InChI is InChI=1S/C22H24ClN3O2/c1-15-21(16(2)26(25-15)14-18-7-5-4-6-8-18)13-24-22(27)17(3)28-20-11-9-19(23)10-12-20/h4-12,17H,13-14H2,1-3H3,(H,24,27)/t17-/m0/s1. The van der Waals surface area contributed by atoms with Crippen LogP contribution in [0.15, 0.2) is 54.6 Å². The molecule has 1 aromatic heterocycles. The summed E-state index contributed by atoms with van der Waals surface area (Å²) in [6, 6.07) is 17.1. The van der Waals surface area contributed by atoms with Gasteiger partial charge in [-0.25, -0.2) is 0 Å². The zero-order chi connectivity index (χ0) is 20.1. The van der Waals surface area contributed by atoms with Gasteiger partial charge >= 0.3 is 0 Å². The van der Waals surface area contributed by atoms with E-state index in [4.69, 9.17) is 16.3 Å². The molecule has 5 nitrogen and oxygen atoms in total. The number of hydrogen-bond acceptors (Lipinski definition) is 3. The third kappa shape index (κ3) is 4.93. The van der Waals surface area contributed by atoms with Gasteiger partial charge in [0.1, 0.15) is 5.75 Å². The highest BCUT2D eigenvalue weighted by Gasteiger charge is 2.17. The first kappa shape index (κ1) is 20.0. The van der Waals surface area contributed by atoms with E-state index < -0.39 is 6.10 Å². The van der Waals surface area contributed by atoms with Gasteiger partial charge in [0.2, 0.25) is 0 Å². The van der Waals surface area contributed by atoms with Gasteiger partial charge in [-0.3, -0.25) is 9.48 Å². The van der Waals surface area contributed by atoms with E-state index in [2.05, 4.69) is 22.5 Å². The van der Waals surface area contributed by atoms with Gasteiger partial charge in [0.25, 0.3) is 5.91 Å². The Morgan fingerprint density at radius 1 is 1.14 bits per heavy atom. The molecule has 146 valence electrons. The third-order valence-corrected chi connectivity index (χ3v) is 4.89. The number of amides is 1. The van der Waals surface area contributed by atoms with Gasteiger partial charge in [-0.15, -0.1) is 0 Å². The monoisotopic (exact) mass is 397 g/mol. The van der Waals surface area contributed by atoms with Crippen molar-refractivity contribution in [2.75, 3.05) is 0 Å². The summed E-state index contributed by atoms with van der Waals surface area (Å²) in [5.41, 5.74) is 4.18. The van der Waals surface area contributed by atoms with E-state index in [1.165, 1.54) is 5.56 Å². The molecular formula is C22H24ClN3O2. The topological polar surface area (TPSA) is 56.2 Å². The highest BCUT2D eigenvalue weighted by Crippen LogP contribution is 2.17. The second-order valence-electron chi connectivity index (χ2n) is 6.72. The van der Waals surface area contributed by atoms with Crippen LogP contribution in [-0.2, 0) is 17.9 Å². The first-order valence-corrected chi connectivity index (χ1v) is 9.58. The van der Waals surface area contributed by atoms with Crippen molar-refractivity contribution in [3.05, 3.63) is 82.1 Å². The summed E-state index contributed by atoms with van der Waals surface area (Å²) in [5.74, 6) is 0.430. The first-order chi connectivity index (χ1) is 13.4. The fourth-order valence-corrected chi connectivity index (χ4v) is 3.12. The number of aromatic nitrogens is 2. The summed E-state index contributed by atoms with van der Waals surface area (Å²) in [6.07, 6.45) is -0.610. The molecule has 0 bridgehead atoms. The Bertz CT molecular complexity index is 936. The summed E-state index contributed by atoms with van der Waals surface area (Å²) in [5, 5.41) is 8.20. The Morgan fingerprint density at radius 2 is 1.82 bits per heavy atom. The van der Waals surface area contributed by atoms with Crippen molar-refractivity contribution in [1.29, 1.82) is 0 Å². The lowest BCUT2D eigenvalue weighted by atomic mass is 10.2. The van der Waals surface area contributed by atoms with E-state index in [9.17, 15) is 4.79 Å². The van der Waals surface area contributed by atoms with Crippen LogP contribution in [0.5, 0.6) is 5.75 Å². The predicted molar refractivity (Wildman–Crippen MR) is 111 cm³/mol. The predicted octanol–water partition coefficient (Wildman–Crippen LogP) is 4.29. The van der Waals surface area contributed by atoms with Gasteiger partial charge in [-0.05, 0) is 50.6 Å². The van der Waals surface area contributed by atoms with E-state index in [1.54, 1.807) is 31.2 Å². The maximum atomic E-state index is 12.4. The molecule has 0 spiro atoms. The summed E-state index contributed by atoms with van der Waals surface area (Å²) < 4.78 is 7.64. The van der Waals surface area contributed by atoms with Gasteiger partial charge in [0, 0.05) is 22.8 Å². The number of carbonyl (C=O) groups excluding carboxylic acids is 1. The Morgan fingerprint density at radius 3 is 2.50 bits per heavy atom. The Balaban J connectivity index is 1.60. The molecule has 2 aromatic carbocycles. The maximum Gasteiger partial charge on any atom is 0.261 e. The number of hydrogen-bond donors (Lipinski definition) is 1. The highest BCUT2D eigenvalue weighted by atomic mass is 35.5. The van der Waals surface area contributed by atoms with Crippen LogP contribution in [0, 0.1) is 13.8 Å². The minimum atomic E-state index is -0.610. The number of rotatable bonds is 7. The summed E-state index contributed by atoms with van der Waals surface area (Å²) >= 11 is 5.87. The molecule has 3 rings (SSSR count). The van der Waals surface area contributed by atoms with Crippen LogP contribution in [0.4, 0.5) is 0 Å². The zero-order valence-corrected chi connectivity index (χ0v) is 17.0. The molecule has 0 fully saturated rings. The van der Waals surface area contributed by atoms with Gasteiger partial charge in [0.15, 0.2) is 6.10 Å². The van der Waals surface area contributed by atoms with Crippen LogP contribution in [-0.4, -0.2) is 21.8 Å². The molecule has 1 atom stereocenters. The van der Waals surface area contributed by atoms with Crippen molar-refractivity contribution in [3.8, 4) is 5.75 Å².